The van der Waals surface area contributed by atoms with Crippen molar-refractivity contribution in [2.45, 2.75) is 56.8 Å². The molecule has 1 aliphatic rings. The van der Waals surface area contributed by atoms with E-state index in [4.69, 9.17) is 4.74 Å². The molecule has 0 bridgehead atoms. The zero-order chi connectivity index (χ0) is 22.9. The number of anilines is 1. The van der Waals surface area contributed by atoms with Gasteiger partial charge >= 0.3 is 0 Å². The SMILES string of the molecule is C=CCn1c(CC(=O)Nc2cccc(OC)c2)nnc1SCC(=O)NC1CCCCC1C. The minimum Gasteiger partial charge on any atom is -0.497 e. The van der Waals surface area contributed by atoms with Crippen molar-refractivity contribution in [3.8, 4) is 5.75 Å². The smallest absolute Gasteiger partial charge is 0.232 e. The number of hydrogen-bond acceptors (Lipinski definition) is 6. The van der Waals surface area contributed by atoms with Crippen LogP contribution < -0.4 is 15.4 Å². The van der Waals surface area contributed by atoms with Crippen LogP contribution in [0.3, 0.4) is 0 Å². The molecule has 0 radical (unpaired) electrons. The van der Waals surface area contributed by atoms with E-state index in [0.29, 0.717) is 34.9 Å². The molecule has 1 saturated carbocycles. The number of aromatic nitrogens is 3. The van der Waals surface area contributed by atoms with Gasteiger partial charge in [-0.25, -0.2) is 0 Å². The summed E-state index contributed by atoms with van der Waals surface area (Å²) in [5, 5.41) is 15.0. The number of allylic oxidation sites excluding steroid dienone is 1. The first-order valence-electron chi connectivity index (χ1n) is 10.9. The second-order valence-electron chi connectivity index (χ2n) is 7.98. The second-order valence-corrected chi connectivity index (χ2v) is 8.92. The first-order valence-corrected chi connectivity index (χ1v) is 11.9. The molecular weight excluding hydrogens is 426 g/mol. The molecule has 3 rings (SSSR count). The number of carbonyl (C=O) groups is 2. The highest BCUT2D eigenvalue weighted by atomic mass is 32.2. The summed E-state index contributed by atoms with van der Waals surface area (Å²) in [5.74, 6) is 1.74. The maximum absolute atomic E-state index is 12.5. The molecule has 1 fully saturated rings. The van der Waals surface area contributed by atoms with Gasteiger partial charge in [-0.2, -0.15) is 0 Å². The Bertz CT molecular complexity index is 945. The van der Waals surface area contributed by atoms with Crippen LogP contribution in [0.25, 0.3) is 0 Å². The Morgan fingerprint density at radius 3 is 2.84 bits per heavy atom. The van der Waals surface area contributed by atoms with E-state index in [1.165, 1.54) is 18.2 Å². The van der Waals surface area contributed by atoms with Crippen molar-refractivity contribution in [2.24, 2.45) is 5.92 Å². The predicted octanol–water partition coefficient (Wildman–Crippen LogP) is 3.44. The Balaban J connectivity index is 1.58. The molecule has 2 aromatic rings. The fraction of sp³-hybridized carbons (Fsp3) is 0.478. The average molecular weight is 458 g/mol. The average Bonchev–Trinajstić information content (AvgIpc) is 3.15. The largest absolute Gasteiger partial charge is 0.497 e. The lowest BCUT2D eigenvalue weighted by molar-refractivity contribution is -0.120. The Hall–Kier alpha value is -2.81. The fourth-order valence-electron chi connectivity index (χ4n) is 3.83. The molecule has 2 N–H and O–H groups in total. The van der Waals surface area contributed by atoms with Crippen LogP contribution >= 0.6 is 11.8 Å². The van der Waals surface area contributed by atoms with Crippen LogP contribution in [0.1, 0.15) is 38.4 Å². The lowest BCUT2D eigenvalue weighted by Crippen LogP contribution is -2.41. The minimum atomic E-state index is -0.212. The third-order valence-corrected chi connectivity index (χ3v) is 6.53. The maximum atomic E-state index is 12.5. The number of methoxy groups -OCH3 is 1. The molecule has 32 heavy (non-hydrogen) atoms. The topological polar surface area (TPSA) is 98.1 Å². The van der Waals surface area contributed by atoms with Crippen molar-refractivity contribution in [1.29, 1.82) is 0 Å². The van der Waals surface area contributed by atoms with Gasteiger partial charge in [-0.05, 0) is 30.9 Å². The van der Waals surface area contributed by atoms with E-state index >= 15 is 0 Å². The molecule has 0 saturated heterocycles. The Morgan fingerprint density at radius 2 is 2.09 bits per heavy atom. The molecule has 1 aliphatic carbocycles. The van der Waals surface area contributed by atoms with E-state index in [1.54, 1.807) is 25.3 Å². The molecule has 1 aromatic heterocycles. The number of nitrogens with one attached hydrogen (secondary N) is 2. The van der Waals surface area contributed by atoms with Gasteiger partial charge in [0.1, 0.15) is 11.6 Å². The summed E-state index contributed by atoms with van der Waals surface area (Å²) >= 11 is 1.32. The van der Waals surface area contributed by atoms with Crippen LogP contribution in [0.5, 0.6) is 5.75 Å². The third kappa shape index (κ3) is 6.59. The zero-order valence-electron chi connectivity index (χ0n) is 18.7. The molecule has 8 nitrogen and oxygen atoms in total. The van der Waals surface area contributed by atoms with Crippen molar-refractivity contribution in [1.82, 2.24) is 20.1 Å². The van der Waals surface area contributed by atoms with Gasteiger partial charge in [-0.15, -0.1) is 16.8 Å². The number of rotatable bonds is 10. The first-order chi connectivity index (χ1) is 15.5. The van der Waals surface area contributed by atoms with Crippen molar-refractivity contribution >= 4 is 29.3 Å². The highest BCUT2D eigenvalue weighted by Crippen LogP contribution is 2.24. The normalized spacial score (nSPS) is 18.1. The third-order valence-electron chi connectivity index (χ3n) is 5.57. The van der Waals surface area contributed by atoms with Gasteiger partial charge in [0.25, 0.3) is 0 Å². The Labute approximate surface area is 193 Å². The predicted molar refractivity (Wildman–Crippen MR) is 126 cm³/mol. The number of thioether (sulfide) groups is 1. The summed E-state index contributed by atoms with van der Waals surface area (Å²) in [6.07, 6.45) is 6.38. The van der Waals surface area contributed by atoms with Crippen molar-refractivity contribution in [3.05, 3.63) is 42.7 Å². The summed E-state index contributed by atoms with van der Waals surface area (Å²) in [6.45, 7) is 6.44. The van der Waals surface area contributed by atoms with E-state index in [0.717, 1.165) is 19.3 Å². The highest BCUT2D eigenvalue weighted by molar-refractivity contribution is 7.99. The lowest BCUT2D eigenvalue weighted by atomic mass is 9.86. The number of benzene rings is 1. The van der Waals surface area contributed by atoms with Crippen LogP contribution in [0.2, 0.25) is 0 Å². The maximum Gasteiger partial charge on any atom is 0.232 e. The van der Waals surface area contributed by atoms with Crippen molar-refractivity contribution < 1.29 is 14.3 Å². The van der Waals surface area contributed by atoms with Gasteiger partial charge in [-0.3, -0.25) is 9.59 Å². The molecule has 1 heterocycles. The van der Waals surface area contributed by atoms with E-state index in [2.05, 4.69) is 34.3 Å². The van der Waals surface area contributed by atoms with Crippen LogP contribution in [-0.2, 0) is 22.6 Å². The van der Waals surface area contributed by atoms with E-state index in [1.807, 2.05) is 16.7 Å². The monoisotopic (exact) mass is 457 g/mol. The molecule has 1 aromatic carbocycles. The molecule has 2 amide bonds. The number of nitrogens with zero attached hydrogens (tertiary/aromatic N) is 3. The second kappa shape index (κ2) is 11.7. The summed E-state index contributed by atoms with van der Waals surface area (Å²) < 4.78 is 7.00. The number of ether oxygens (including phenoxy) is 1. The van der Waals surface area contributed by atoms with Gasteiger partial charge in [0.2, 0.25) is 11.8 Å². The van der Waals surface area contributed by atoms with Crippen molar-refractivity contribution in [2.75, 3.05) is 18.2 Å². The van der Waals surface area contributed by atoms with Crippen molar-refractivity contribution in [3.63, 3.8) is 0 Å². The quantitative estimate of drug-likeness (QED) is 0.419. The molecule has 0 spiro atoms. The fourth-order valence-corrected chi connectivity index (χ4v) is 4.61. The standard InChI is InChI=1S/C23H31N5O3S/c1-4-12-28-20(14-21(29)24-17-9-7-10-18(13-17)31-3)26-27-23(28)32-15-22(30)25-19-11-6-5-8-16(19)2/h4,7,9-10,13,16,19H,1,5-6,8,11-12,14-15H2,2-3H3,(H,24,29)(H,25,30). The van der Waals surface area contributed by atoms with Crippen LogP contribution in [0.4, 0.5) is 5.69 Å². The van der Waals surface area contributed by atoms with E-state index < -0.39 is 0 Å². The van der Waals surface area contributed by atoms with E-state index in [9.17, 15) is 9.59 Å². The molecule has 0 aliphatic heterocycles. The summed E-state index contributed by atoms with van der Waals surface area (Å²) in [4.78, 5) is 25.0. The number of amides is 2. The van der Waals surface area contributed by atoms with Gasteiger partial charge in [0.15, 0.2) is 5.16 Å². The van der Waals surface area contributed by atoms with Gasteiger partial charge in [0.05, 0.1) is 19.3 Å². The molecule has 172 valence electrons. The van der Waals surface area contributed by atoms with Gasteiger partial charge in [0, 0.05) is 24.3 Å². The van der Waals surface area contributed by atoms with Gasteiger partial charge < -0.3 is 19.9 Å². The minimum absolute atomic E-state index is 0.000721. The molecule has 9 heteroatoms. The number of hydrogen-bond donors (Lipinski definition) is 2. The highest BCUT2D eigenvalue weighted by Gasteiger charge is 2.23. The van der Waals surface area contributed by atoms with Crippen LogP contribution in [-0.4, -0.2) is 45.5 Å². The van der Waals surface area contributed by atoms with Crippen LogP contribution in [0, 0.1) is 5.92 Å². The lowest BCUT2D eigenvalue weighted by Gasteiger charge is -2.29. The van der Waals surface area contributed by atoms with Crippen LogP contribution in [0.15, 0.2) is 42.1 Å². The Kier molecular flexibility index (Phi) is 8.72. The summed E-state index contributed by atoms with van der Waals surface area (Å²) in [5.41, 5.74) is 0.646. The summed E-state index contributed by atoms with van der Waals surface area (Å²) in [6, 6.07) is 7.41. The zero-order valence-corrected chi connectivity index (χ0v) is 19.5. The molecular formula is C23H31N5O3S. The molecule has 2 unspecified atom stereocenters. The van der Waals surface area contributed by atoms with E-state index in [-0.39, 0.29) is 30.0 Å². The molecule has 2 atom stereocenters. The summed E-state index contributed by atoms with van der Waals surface area (Å²) in [7, 11) is 1.58. The number of carbonyl (C=O) groups excluding carboxylic acids is 2. The van der Waals surface area contributed by atoms with Gasteiger partial charge in [-0.1, -0.05) is 43.7 Å². The first kappa shape index (κ1) is 23.8. The Morgan fingerprint density at radius 1 is 1.28 bits per heavy atom.